The Bertz CT molecular complexity index is 157. The van der Waals surface area contributed by atoms with Crippen molar-refractivity contribution in [3.63, 3.8) is 0 Å². The van der Waals surface area contributed by atoms with Crippen LogP contribution in [-0.2, 0) is 0 Å². The van der Waals surface area contributed by atoms with E-state index in [9.17, 15) is 0 Å². The standard InChI is InChI=1S/C6H6/c1-6-4-2-3-5-6/h2-5H,1H2/i1T2. The zero-order chi connectivity index (χ0) is 5.98. The lowest BCUT2D eigenvalue weighted by Crippen LogP contribution is -1.50. The summed E-state index contributed by atoms with van der Waals surface area (Å²) in [5, 5.41) is 0. The predicted octanol–water partition coefficient (Wildman–Crippen LogP) is 1.67. The van der Waals surface area contributed by atoms with E-state index in [4.69, 9.17) is 2.74 Å². The third-order valence-corrected chi connectivity index (χ3v) is 0.663. The van der Waals surface area contributed by atoms with Gasteiger partial charge < -0.3 is 0 Å². The van der Waals surface area contributed by atoms with Crippen molar-refractivity contribution in [2.24, 2.45) is 0 Å². The van der Waals surface area contributed by atoms with Crippen LogP contribution < -0.4 is 0 Å². The normalized spacial score (nSPS) is 21.0. The first kappa shape index (κ1) is 1.78. The Morgan fingerprint density at radius 1 is 1.50 bits per heavy atom. The second kappa shape index (κ2) is 1.13. The van der Waals surface area contributed by atoms with Crippen LogP contribution in [0.25, 0.3) is 0 Å². The maximum atomic E-state index is 6.82. The van der Waals surface area contributed by atoms with E-state index < -0.39 is 0 Å². The second-order valence-corrected chi connectivity index (χ2v) is 1.17. The summed E-state index contributed by atoms with van der Waals surface area (Å²) in [5.74, 6) is 0. The number of hydrogen-bond acceptors (Lipinski definition) is 0. The molecule has 0 bridgehead atoms. The van der Waals surface area contributed by atoms with Gasteiger partial charge in [-0.2, -0.15) is 0 Å². The summed E-state index contributed by atoms with van der Waals surface area (Å²) in [6, 6.07) is 0. The van der Waals surface area contributed by atoms with E-state index in [1.54, 1.807) is 12.2 Å². The lowest BCUT2D eigenvalue weighted by atomic mass is 10.4. The van der Waals surface area contributed by atoms with Crippen LogP contribution >= 0.6 is 0 Å². The van der Waals surface area contributed by atoms with E-state index in [1.807, 2.05) is 12.2 Å². The Labute approximate surface area is 40.3 Å². The van der Waals surface area contributed by atoms with Gasteiger partial charge in [0.05, 0.1) is 2.74 Å². The zero-order valence-corrected chi connectivity index (χ0v) is 3.31. The topological polar surface area (TPSA) is 0 Å². The van der Waals surface area contributed by atoms with E-state index in [-0.39, 0.29) is 6.53 Å². The van der Waals surface area contributed by atoms with Crippen molar-refractivity contribution in [3.8, 4) is 0 Å². The summed E-state index contributed by atoms with van der Waals surface area (Å²) in [6.07, 6.45) is 7.13. The summed E-state index contributed by atoms with van der Waals surface area (Å²) in [4.78, 5) is 0. The molecule has 6 heavy (non-hydrogen) atoms. The molecule has 0 radical (unpaired) electrons. The third-order valence-electron chi connectivity index (χ3n) is 0.663. The highest BCUT2D eigenvalue weighted by molar-refractivity contribution is 5.37. The number of allylic oxidation sites excluding steroid dienone is 5. The fourth-order valence-corrected chi connectivity index (χ4v) is 0.374. The van der Waals surface area contributed by atoms with Crippen molar-refractivity contribution in [2.45, 2.75) is 0 Å². The van der Waals surface area contributed by atoms with E-state index in [0.29, 0.717) is 5.57 Å². The fraction of sp³-hybridized carbons (Fsp3) is 0. The summed E-state index contributed by atoms with van der Waals surface area (Å²) in [5.41, 5.74) is 0.685. The molecule has 0 aromatic carbocycles. The summed E-state index contributed by atoms with van der Waals surface area (Å²) in [6.45, 7) is -0.116. The van der Waals surface area contributed by atoms with Crippen LogP contribution in [0.1, 0.15) is 2.74 Å². The van der Waals surface area contributed by atoms with E-state index >= 15 is 0 Å². The van der Waals surface area contributed by atoms with Crippen molar-refractivity contribution >= 4 is 0 Å². The molecule has 0 aromatic rings. The van der Waals surface area contributed by atoms with Gasteiger partial charge in [-0.3, -0.25) is 0 Å². The van der Waals surface area contributed by atoms with Gasteiger partial charge in [-0.25, -0.2) is 0 Å². The second-order valence-electron chi connectivity index (χ2n) is 1.17. The van der Waals surface area contributed by atoms with Gasteiger partial charge in [0.2, 0.25) is 0 Å². The highest BCUT2D eigenvalue weighted by Gasteiger charge is 1.80. The summed E-state index contributed by atoms with van der Waals surface area (Å²) < 4.78 is 13.6. The molecule has 0 aromatic heterocycles. The van der Waals surface area contributed by atoms with Gasteiger partial charge in [0.25, 0.3) is 0 Å². The zero-order valence-electron chi connectivity index (χ0n) is 5.31. The smallest absolute Gasteiger partial charge is 0.0544 e. The van der Waals surface area contributed by atoms with Crippen LogP contribution in [0.3, 0.4) is 0 Å². The minimum Gasteiger partial charge on any atom is -0.0918 e. The Hall–Kier alpha value is -0.780. The molecule has 0 heteroatoms. The third kappa shape index (κ3) is 0.410. The van der Waals surface area contributed by atoms with Gasteiger partial charge in [0.15, 0.2) is 0 Å². The molecule has 0 unspecified atom stereocenters. The first-order chi connectivity index (χ1) is 3.80. The Morgan fingerprint density at radius 2 is 2.17 bits per heavy atom. The largest absolute Gasteiger partial charge is 0.0918 e. The van der Waals surface area contributed by atoms with Crippen molar-refractivity contribution in [2.75, 3.05) is 0 Å². The maximum absolute atomic E-state index is 6.82. The highest BCUT2D eigenvalue weighted by atomic mass is 13.9. The highest BCUT2D eigenvalue weighted by Crippen LogP contribution is 2.01. The quantitative estimate of drug-likeness (QED) is 0.417. The average molecular weight is 82.1 g/mol. The van der Waals surface area contributed by atoms with Crippen molar-refractivity contribution in [3.05, 3.63) is 36.4 Å². The number of rotatable bonds is 0. The molecular formula is C6H6. The summed E-state index contributed by atoms with van der Waals surface area (Å²) >= 11 is 0. The molecule has 0 nitrogen and oxygen atoms in total. The van der Waals surface area contributed by atoms with Crippen molar-refractivity contribution < 1.29 is 2.74 Å². The average Bonchev–Trinajstić information content (AvgIpc) is 2.12. The SMILES string of the molecule is [3H]C([3H])=C1C=CC=C1. The van der Waals surface area contributed by atoms with Crippen LogP contribution in [0.15, 0.2) is 36.4 Å². The molecule has 0 aliphatic heterocycles. The van der Waals surface area contributed by atoms with Gasteiger partial charge in [0, 0.05) is 0 Å². The van der Waals surface area contributed by atoms with Gasteiger partial charge in [-0.1, -0.05) is 30.8 Å². The molecule has 1 aliphatic rings. The molecule has 0 heterocycles. The van der Waals surface area contributed by atoms with E-state index in [2.05, 4.69) is 0 Å². The molecule has 0 amide bonds. The Kier molecular flexibility index (Phi) is 0.336. The monoisotopic (exact) mass is 82.1 g/mol. The number of hydrogen-bond donors (Lipinski definition) is 0. The molecule has 30 valence electrons. The predicted molar refractivity (Wildman–Crippen MR) is 27.4 cm³/mol. The van der Waals surface area contributed by atoms with E-state index in [0.717, 1.165) is 0 Å². The lowest BCUT2D eigenvalue weighted by molar-refractivity contribution is 1.85. The van der Waals surface area contributed by atoms with Gasteiger partial charge >= 0.3 is 0 Å². The Morgan fingerprint density at radius 3 is 2.50 bits per heavy atom. The lowest BCUT2D eigenvalue weighted by Gasteiger charge is -1.71. The van der Waals surface area contributed by atoms with Crippen LogP contribution in [-0.4, -0.2) is 0 Å². The van der Waals surface area contributed by atoms with E-state index in [1.165, 1.54) is 0 Å². The fourth-order valence-electron chi connectivity index (χ4n) is 0.374. The molecule has 0 saturated heterocycles. The van der Waals surface area contributed by atoms with Crippen LogP contribution in [0.5, 0.6) is 0 Å². The molecule has 1 rings (SSSR count). The molecule has 0 atom stereocenters. The molecule has 0 saturated carbocycles. The molecular weight excluding hydrogens is 72.1 g/mol. The van der Waals surface area contributed by atoms with Crippen molar-refractivity contribution in [1.29, 1.82) is 0 Å². The van der Waals surface area contributed by atoms with Gasteiger partial charge in [0.1, 0.15) is 0 Å². The first-order valence-electron chi connectivity index (χ1n) is 2.83. The molecule has 0 spiro atoms. The van der Waals surface area contributed by atoms with Crippen LogP contribution in [0, 0.1) is 0 Å². The minimum absolute atomic E-state index is 0.116. The summed E-state index contributed by atoms with van der Waals surface area (Å²) in [7, 11) is 0. The van der Waals surface area contributed by atoms with Crippen LogP contribution in [0.4, 0.5) is 0 Å². The minimum atomic E-state index is -0.116. The molecule has 0 N–H and O–H groups in total. The Balaban J connectivity index is 2.90. The van der Waals surface area contributed by atoms with Gasteiger partial charge in [-0.05, 0) is 5.57 Å². The first-order valence-corrected chi connectivity index (χ1v) is 1.83. The molecule has 1 aliphatic carbocycles. The maximum Gasteiger partial charge on any atom is 0.0544 e. The van der Waals surface area contributed by atoms with Gasteiger partial charge in [-0.15, -0.1) is 0 Å². The van der Waals surface area contributed by atoms with Crippen LogP contribution in [0.2, 0.25) is 0 Å². The van der Waals surface area contributed by atoms with Crippen molar-refractivity contribution in [1.82, 2.24) is 0 Å². The molecule has 0 fully saturated rings.